The summed E-state index contributed by atoms with van der Waals surface area (Å²) in [5.41, 5.74) is 7.55. The lowest BCUT2D eigenvalue weighted by Gasteiger charge is -2.04. The van der Waals surface area contributed by atoms with Crippen LogP contribution in [0.15, 0.2) is 59.5 Å². The molecule has 4 aromatic rings. The predicted octanol–water partition coefficient (Wildman–Crippen LogP) is 2.59. The summed E-state index contributed by atoms with van der Waals surface area (Å²) in [6.07, 6.45) is 6.83. The van der Waals surface area contributed by atoms with Gasteiger partial charge in [-0.05, 0) is 48.6 Å². The second kappa shape index (κ2) is 9.39. The number of aliphatic hydroxyl groups excluding tert-OH is 1. The van der Waals surface area contributed by atoms with Gasteiger partial charge < -0.3 is 25.9 Å². The number of nitrogens with one attached hydrogen (secondary N) is 2. The number of nitrogens with two attached hydrogens (primary N) is 1. The lowest BCUT2D eigenvalue weighted by Crippen LogP contribution is -2.18. The topological polar surface area (TPSA) is 161 Å². The molecule has 5 N–H and O–H groups in total. The van der Waals surface area contributed by atoms with Crippen molar-refractivity contribution in [3.8, 4) is 17.1 Å². The van der Waals surface area contributed by atoms with Crippen LogP contribution in [0.3, 0.4) is 0 Å². The van der Waals surface area contributed by atoms with Gasteiger partial charge in [-0.15, -0.1) is 0 Å². The van der Waals surface area contributed by atoms with Crippen molar-refractivity contribution >= 4 is 23.3 Å². The van der Waals surface area contributed by atoms with E-state index in [1.54, 1.807) is 36.5 Å². The van der Waals surface area contributed by atoms with E-state index in [2.05, 4.69) is 25.7 Å². The number of oxazole rings is 1. The first kappa shape index (κ1) is 22.3. The van der Waals surface area contributed by atoms with Crippen molar-refractivity contribution in [3.05, 3.63) is 72.0 Å². The molecule has 0 saturated heterocycles. The SMILES string of the molecule is NC(=O)c1nn(-c2ccc(CO)cc2)cc1NC(=O)c1coc(-c2ccnc(NCC3CC3)c2)n1. The molecule has 178 valence electrons. The highest BCUT2D eigenvalue weighted by Crippen LogP contribution is 2.29. The zero-order valence-electron chi connectivity index (χ0n) is 18.6. The molecule has 1 saturated carbocycles. The summed E-state index contributed by atoms with van der Waals surface area (Å²) in [6.45, 7) is 0.780. The van der Waals surface area contributed by atoms with Crippen LogP contribution in [0.25, 0.3) is 17.1 Å². The molecule has 1 aromatic carbocycles. The summed E-state index contributed by atoms with van der Waals surface area (Å²) in [6, 6.07) is 10.5. The first-order valence-corrected chi connectivity index (χ1v) is 11.1. The van der Waals surface area contributed by atoms with Crippen molar-refractivity contribution in [2.24, 2.45) is 11.7 Å². The zero-order chi connectivity index (χ0) is 24.4. The van der Waals surface area contributed by atoms with Crippen LogP contribution >= 0.6 is 0 Å². The standard InChI is InChI=1S/C24H23N7O4/c25-22(33)21-18(11-31(30-21)17-5-3-15(12-32)4-6-17)28-23(34)19-13-35-24(29-19)16-7-8-26-20(9-16)27-10-14-1-2-14/h3-9,11,13-14,32H,1-2,10,12H2,(H2,25,33)(H,26,27)(H,28,34). The Hall–Kier alpha value is -4.51. The maximum Gasteiger partial charge on any atom is 0.277 e. The molecule has 1 aliphatic carbocycles. The first-order valence-electron chi connectivity index (χ1n) is 11.1. The molecule has 0 radical (unpaired) electrons. The summed E-state index contributed by atoms with van der Waals surface area (Å²) in [4.78, 5) is 33.3. The molecule has 0 aliphatic heterocycles. The van der Waals surface area contributed by atoms with Gasteiger partial charge in [-0.1, -0.05) is 12.1 Å². The highest BCUT2D eigenvalue weighted by Gasteiger charge is 2.22. The van der Waals surface area contributed by atoms with Crippen LogP contribution in [0.1, 0.15) is 39.4 Å². The van der Waals surface area contributed by atoms with Crippen LogP contribution in [0.2, 0.25) is 0 Å². The number of amides is 2. The van der Waals surface area contributed by atoms with Crippen molar-refractivity contribution < 1.29 is 19.1 Å². The van der Waals surface area contributed by atoms with Crippen LogP contribution in [0.5, 0.6) is 0 Å². The van der Waals surface area contributed by atoms with Crippen molar-refractivity contribution in [3.63, 3.8) is 0 Å². The number of aliphatic hydroxyl groups is 1. The van der Waals surface area contributed by atoms with Gasteiger partial charge >= 0.3 is 0 Å². The monoisotopic (exact) mass is 473 g/mol. The Kier molecular flexibility index (Phi) is 5.98. The Labute approximate surface area is 200 Å². The van der Waals surface area contributed by atoms with E-state index in [1.807, 2.05) is 6.07 Å². The van der Waals surface area contributed by atoms with E-state index < -0.39 is 11.8 Å². The molecule has 1 fully saturated rings. The zero-order valence-corrected chi connectivity index (χ0v) is 18.6. The molecule has 0 spiro atoms. The van der Waals surface area contributed by atoms with Gasteiger partial charge in [0.2, 0.25) is 5.89 Å². The van der Waals surface area contributed by atoms with E-state index >= 15 is 0 Å². The quantitative estimate of drug-likeness (QED) is 0.288. The molecular weight excluding hydrogens is 450 g/mol. The van der Waals surface area contributed by atoms with Crippen LogP contribution < -0.4 is 16.4 Å². The van der Waals surface area contributed by atoms with Crippen molar-refractivity contribution in [2.75, 3.05) is 17.2 Å². The lowest BCUT2D eigenvalue weighted by atomic mass is 10.2. The molecule has 5 rings (SSSR count). The largest absolute Gasteiger partial charge is 0.444 e. The maximum absolute atomic E-state index is 12.8. The Morgan fingerprint density at radius 3 is 2.71 bits per heavy atom. The molecule has 1 aliphatic rings. The third-order valence-electron chi connectivity index (χ3n) is 5.59. The molecule has 3 aromatic heterocycles. The molecule has 35 heavy (non-hydrogen) atoms. The van der Waals surface area contributed by atoms with Gasteiger partial charge in [-0.25, -0.2) is 14.6 Å². The number of carbonyl (C=O) groups excluding carboxylic acids is 2. The lowest BCUT2D eigenvalue weighted by molar-refractivity contribution is 0.0996. The van der Waals surface area contributed by atoms with Crippen LogP contribution in [0, 0.1) is 5.92 Å². The Morgan fingerprint density at radius 1 is 1.20 bits per heavy atom. The number of hydrogen-bond donors (Lipinski definition) is 4. The number of hydrogen-bond acceptors (Lipinski definition) is 8. The molecule has 11 nitrogen and oxygen atoms in total. The molecule has 0 atom stereocenters. The number of rotatable bonds is 9. The number of aromatic nitrogens is 4. The summed E-state index contributed by atoms with van der Waals surface area (Å²) in [7, 11) is 0. The normalized spacial score (nSPS) is 12.9. The second-order valence-electron chi connectivity index (χ2n) is 8.27. The third kappa shape index (κ3) is 5.04. The average molecular weight is 473 g/mol. The molecular formula is C24H23N7O4. The number of carbonyl (C=O) groups is 2. The Bertz CT molecular complexity index is 1370. The number of benzene rings is 1. The average Bonchev–Trinajstić information content (AvgIpc) is 3.39. The van der Waals surface area contributed by atoms with Crippen LogP contribution in [0.4, 0.5) is 11.5 Å². The summed E-state index contributed by atoms with van der Waals surface area (Å²) < 4.78 is 6.93. The first-order chi connectivity index (χ1) is 17.0. The summed E-state index contributed by atoms with van der Waals surface area (Å²) in [5.74, 6) is 0.298. The van der Waals surface area contributed by atoms with Crippen molar-refractivity contribution in [1.82, 2.24) is 19.7 Å². The van der Waals surface area contributed by atoms with Crippen LogP contribution in [-0.4, -0.2) is 43.2 Å². The summed E-state index contributed by atoms with van der Waals surface area (Å²) in [5, 5.41) is 19.3. The minimum Gasteiger partial charge on any atom is -0.444 e. The van der Waals surface area contributed by atoms with E-state index in [9.17, 15) is 14.7 Å². The number of primary amides is 1. The van der Waals surface area contributed by atoms with Crippen molar-refractivity contribution in [1.29, 1.82) is 0 Å². The van der Waals surface area contributed by atoms with Gasteiger partial charge in [0.05, 0.1) is 24.2 Å². The van der Waals surface area contributed by atoms with E-state index in [4.69, 9.17) is 10.2 Å². The van der Waals surface area contributed by atoms with Gasteiger partial charge in [0, 0.05) is 18.3 Å². The number of pyridine rings is 1. The van der Waals surface area contributed by atoms with Crippen LogP contribution in [-0.2, 0) is 6.61 Å². The van der Waals surface area contributed by atoms with E-state index in [-0.39, 0.29) is 29.6 Å². The van der Waals surface area contributed by atoms with Crippen molar-refractivity contribution in [2.45, 2.75) is 19.4 Å². The fourth-order valence-corrected chi connectivity index (χ4v) is 3.46. The molecule has 3 heterocycles. The molecule has 0 bridgehead atoms. The number of nitrogens with zero attached hydrogens (tertiary/aromatic N) is 4. The fourth-order valence-electron chi connectivity index (χ4n) is 3.46. The summed E-state index contributed by atoms with van der Waals surface area (Å²) >= 11 is 0. The predicted molar refractivity (Wildman–Crippen MR) is 127 cm³/mol. The van der Waals surface area contributed by atoms with Gasteiger partial charge in [0.15, 0.2) is 11.4 Å². The molecule has 2 amide bonds. The van der Waals surface area contributed by atoms with E-state index in [0.717, 1.165) is 12.1 Å². The molecule has 0 unspecified atom stereocenters. The maximum atomic E-state index is 12.8. The highest BCUT2D eigenvalue weighted by atomic mass is 16.3. The van der Waals surface area contributed by atoms with Gasteiger partial charge in [0.25, 0.3) is 11.8 Å². The Balaban J connectivity index is 1.33. The third-order valence-corrected chi connectivity index (χ3v) is 5.59. The second-order valence-corrected chi connectivity index (χ2v) is 8.27. The Morgan fingerprint density at radius 2 is 2.00 bits per heavy atom. The van der Waals surface area contributed by atoms with E-state index in [0.29, 0.717) is 23.0 Å². The van der Waals surface area contributed by atoms with E-state index in [1.165, 1.54) is 30.0 Å². The van der Waals surface area contributed by atoms with Gasteiger partial charge in [-0.3, -0.25) is 9.59 Å². The smallest absolute Gasteiger partial charge is 0.277 e. The fraction of sp³-hybridized carbons (Fsp3) is 0.208. The highest BCUT2D eigenvalue weighted by molar-refractivity contribution is 6.07. The number of anilines is 2. The minimum atomic E-state index is -0.796. The van der Waals surface area contributed by atoms with Gasteiger partial charge in [0.1, 0.15) is 12.1 Å². The molecule has 11 heteroatoms. The minimum absolute atomic E-state index is 0.0276. The van der Waals surface area contributed by atoms with Gasteiger partial charge in [-0.2, -0.15) is 5.10 Å².